The Labute approximate surface area is 206 Å². The van der Waals surface area contributed by atoms with Crippen LogP contribution in [0.1, 0.15) is 56.9 Å². The SMILES string of the molecule is N=C(N)c1ccc(-c2ccc(OC[C@@H]3C[C@@H](CC(=O)OCC4CCCCCC4)C(=O)N3)cc2)cc1. The quantitative estimate of drug-likeness (QED) is 0.214. The average molecular weight is 478 g/mol. The maximum atomic E-state index is 12.4. The number of rotatable bonds is 9. The summed E-state index contributed by atoms with van der Waals surface area (Å²) in [6, 6.07) is 15.1. The summed E-state index contributed by atoms with van der Waals surface area (Å²) in [5.41, 5.74) is 8.26. The largest absolute Gasteiger partial charge is 0.491 e. The highest BCUT2D eigenvalue weighted by Gasteiger charge is 2.34. The minimum absolute atomic E-state index is 0.0493. The summed E-state index contributed by atoms with van der Waals surface area (Å²) >= 11 is 0. The van der Waals surface area contributed by atoms with Crippen molar-refractivity contribution in [3.63, 3.8) is 0 Å². The summed E-state index contributed by atoms with van der Waals surface area (Å²) in [6.07, 6.45) is 7.93. The van der Waals surface area contributed by atoms with E-state index in [-0.39, 0.29) is 36.1 Å². The Morgan fingerprint density at radius 3 is 2.20 bits per heavy atom. The molecule has 0 spiro atoms. The summed E-state index contributed by atoms with van der Waals surface area (Å²) < 4.78 is 11.4. The zero-order chi connectivity index (χ0) is 24.6. The number of carbonyl (C=O) groups excluding carboxylic acids is 2. The van der Waals surface area contributed by atoms with Crippen LogP contribution < -0.4 is 15.8 Å². The monoisotopic (exact) mass is 477 g/mol. The molecule has 4 rings (SSSR count). The van der Waals surface area contributed by atoms with E-state index >= 15 is 0 Å². The van der Waals surface area contributed by atoms with Crippen LogP contribution in [0.3, 0.4) is 0 Å². The van der Waals surface area contributed by atoms with Crippen LogP contribution in [-0.2, 0) is 14.3 Å². The molecule has 0 bridgehead atoms. The van der Waals surface area contributed by atoms with Crippen molar-refractivity contribution in [1.29, 1.82) is 5.41 Å². The molecule has 2 aromatic carbocycles. The Morgan fingerprint density at radius 1 is 0.943 bits per heavy atom. The Kier molecular flexibility index (Phi) is 8.40. The van der Waals surface area contributed by atoms with E-state index < -0.39 is 0 Å². The number of nitrogen functional groups attached to an aromatic ring is 1. The lowest BCUT2D eigenvalue weighted by Crippen LogP contribution is -2.31. The van der Waals surface area contributed by atoms with Crippen LogP contribution in [0.15, 0.2) is 48.5 Å². The van der Waals surface area contributed by atoms with Gasteiger partial charge in [-0.05, 0) is 48.4 Å². The van der Waals surface area contributed by atoms with Gasteiger partial charge in [0.05, 0.1) is 25.0 Å². The smallest absolute Gasteiger partial charge is 0.306 e. The van der Waals surface area contributed by atoms with Gasteiger partial charge in [0.2, 0.25) is 5.91 Å². The number of hydrogen-bond acceptors (Lipinski definition) is 5. The first kappa shape index (κ1) is 24.8. The van der Waals surface area contributed by atoms with Gasteiger partial charge in [0, 0.05) is 5.56 Å². The predicted molar refractivity (Wildman–Crippen MR) is 135 cm³/mol. The Bertz CT molecular complexity index is 1010. The maximum Gasteiger partial charge on any atom is 0.306 e. The number of amides is 1. The topological polar surface area (TPSA) is 115 Å². The lowest BCUT2D eigenvalue weighted by molar-refractivity contribution is -0.147. The van der Waals surface area contributed by atoms with Gasteiger partial charge >= 0.3 is 5.97 Å². The normalized spacial score (nSPS) is 20.6. The van der Waals surface area contributed by atoms with Crippen LogP contribution in [0.2, 0.25) is 0 Å². The van der Waals surface area contributed by atoms with Crippen LogP contribution in [0.5, 0.6) is 5.75 Å². The van der Waals surface area contributed by atoms with Gasteiger partial charge in [0.25, 0.3) is 0 Å². The van der Waals surface area contributed by atoms with E-state index in [1.54, 1.807) is 0 Å². The zero-order valence-corrected chi connectivity index (χ0v) is 20.1. The zero-order valence-electron chi connectivity index (χ0n) is 20.1. The number of carbonyl (C=O) groups is 2. The molecule has 1 saturated carbocycles. The second-order valence-corrected chi connectivity index (χ2v) is 9.71. The predicted octanol–water partition coefficient (Wildman–Crippen LogP) is 4.42. The third-order valence-corrected chi connectivity index (χ3v) is 6.99. The molecule has 4 N–H and O–H groups in total. The van der Waals surface area contributed by atoms with Crippen molar-refractivity contribution in [2.45, 2.75) is 57.4 Å². The summed E-state index contributed by atoms with van der Waals surface area (Å²) in [6.45, 7) is 0.836. The van der Waals surface area contributed by atoms with Gasteiger partial charge in [0.15, 0.2) is 0 Å². The van der Waals surface area contributed by atoms with E-state index in [0.29, 0.717) is 31.1 Å². The lowest BCUT2D eigenvalue weighted by Gasteiger charge is -2.15. The number of esters is 1. The fraction of sp³-hybridized carbons (Fsp3) is 0.464. The summed E-state index contributed by atoms with van der Waals surface area (Å²) in [5.74, 6) is 0.497. The number of nitrogens with one attached hydrogen (secondary N) is 2. The number of nitrogens with two attached hydrogens (primary N) is 1. The van der Waals surface area contributed by atoms with Crippen molar-refractivity contribution in [2.24, 2.45) is 17.6 Å². The number of hydrogen-bond donors (Lipinski definition) is 3. The molecule has 1 saturated heterocycles. The standard InChI is InChI=1S/C28H35N3O4/c29-27(30)22-9-7-20(8-10-22)21-11-13-25(14-12-21)34-18-24-15-23(28(33)31-24)16-26(32)35-17-19-5-3-1-2-4-6-19/h7-14,19,23-24H,1-6,15-18H2,(H3,29,30)(H,31,33)/t23-,24-/m0/s1. The van der Waals surface area contributed by atoms with E-state index in [1.165, 1.54) is 25.7 Å². The average Bonchev–Trinajstić information content (AvgIpc) is 3.04. The van der Waals surface area contributed by atoms with Gasteiger partial charge in [-0.2, -0.15) is 0 Å². The highest BCUT2D eigenvalue weighted by Crippen LogP contribution is 2.26. The summed E-state index contributed by atoms with van der Waals surface area (Å²) in [7, 11) is 0. The third-order valence-electron chi connectivity index (χ3n) is 6.99. The highest BCUT2D eigenvalue weighted by molar-refractivity contribution is 5.95. The highest BCUT2D eigenvalue weighted by atomic mass is 16.5. The van der Waals surface area contributed by atoms with Gasteiger partial charge in [-0.1, -0.05) is 62.1 Å². The van der Waals surface area contributed by atoms with Crippen molar-refractivity contribution in [1.82, 2.24) is 5.32 Å². The number of ether oxygens (including phenoxy) is 2. The van der Waals surface area contributed by atoms with Gasteiger partial charge in [-0.25, -0.2) is 0 Å². The molecule has 1 heterocycles. The summed E-state index contributed by atoms with van der Waals surface area (Å²) in [4.78, 5) is 24.7. The maximum absolute atomic E-state index is 12.4. The molecule has 1 amide bonds. The van der Waals surface area contributed by atoms with E-state index in [9.17, 15) is 9.59 Å². The first-order valence-corrected chi connectivity index (χ1v) is 12.6. The molecule has 0 unspecified atom stereocenters. The lowest BCUT2D eigenvalue weighted by atomic mass is 10.0. The molecule has 186 valence electrons. The Morgan fingerprint density at radius 2 is 1.57 bits per heavy atom. The van der Waals surface area contributed by atoms with Crippen LogP contribution in [-0.4, -0.2) is 37.0 Å². The number of amidine groups is 1. The fourth-order valence-corrected chi connectivity index (χ4v) is 4.90. The minimum atomic E-state index is -0.356. The molecular weight excluding hydrogens is 442 g/mol. The molecule has 2 fully saturated rings. The van der Waals surface area contributed by atoms with Crippen LogP contribution >= 0.6 is 0 Å². The fourth-order valence-electron chi connectivity index (χ4n) is 4.90. The molecule has 2 aliphatic rings. The minimum Gasteiger partial charge on any atom is -0.491 e. The van der Waals surface area contributed by atoms with Crippen molar-refractivity contribution in [3.05, 3.63) is 54.1 Å². The van der Waals surface area contributed by atoms with Crippen molar-refractivity contribution in [2.75, 3.05) is 13.2 Å². The second-order valence-electron chi connectivity index (χ2n) is 9.71. The van der Waals surface area contributed by atoms with Crippen LogP contribution in [0.4, 0.5) is 0 Å². The van der Waals surface area contributed by atoms with Gasteiger partial charge in [0.1, 0.15) is 18.2 Å². The van der Waals surface area contributed by atoms with Crippen molar-refractivity contribution in [3.8, 4) is 16.9 Å². The van der Waals surface area contributed by atoms with Gasteiger partial charge in [-0.3, -0.25) is 15.0 Å². The summed E-state index contributed by atoms with van der Waals surface area (Å²) in [5, 5.41) is 10.4. The van der Waals surface area contributed by atoms with E-state index in [0.717, 1.165) is 29.7 Å². The molecule has 7 nitrogen and oxygen atoms in total. The van der Waals surface area contributed by atoms with Gasteiger partial charge < -0.3 is 20.5 Å². The molecule has 0 radical (unpaired) electrons. The van der Waals surface area contributed by atoms with Crippen molar-refractivity contribution < 1.29 is 19.1 Å². The molecular formula is C28H35N3O4. The molecule has 1 aliphatic heterocycles. The first-order chi connectivity index (χ1) is 17.0. The Balaban J connectivity index is 1.20. The molecule has 2 aromatic rings. The Hall–Kier alpha value is -3.35. The van der Waals surface area contributed by atoms with Crippen LogP contribution in [0.25, 0.3) is 11.1 Å². The number of benzene rings is 2. The van der Waals surface area contributed by atoms with Crippen molar-refractivity contribution >= 4 is 17.7 Å². The molecule has 2 atom stereocenters. The third kappa shape index (κ3) is 7.07. The first-order valence-electron chi connectivity index (χ1n) is 12.6. The van der Waals surface area contributed by atoms with E-state index in [2.05, 4.69) is 5.32 Å². The molecule has 7 heteroatoms. The molecule has 1 aliphatic carbocycles. The van der Waals surface area contributed by atoms with Gasteiger partial charge in [-0.15, -0.1) is 0 Å². The molecule has 35 heavy (non-hydrogen) atoms. The van der Waals surface area contributed by atoms with E-state index in [1.807, 2.05) is 48.5 Å². The van der Waals surface area contributed by atoms with Crippen LogP contribution in [0, 0.1) is 17.2 Å². The van der Waals surface area contributed by atoms with E-state index in [4.69, 9.17) is 20.6 Å². The molecule has 0 aromatic heterocycles. The second kappa shape index (κ2) is 11.9.